The minimum Gasteiger partial charge on any atom is -0.467 e. The topological polar surface area (TPSA) is 126 Å². The number of methoxy groups -OCH3 is 1. The van der Waals surface area contributed by atoms with Crippen molar-refractivity contribution < 1.29 is 14.3 Å². The van der Waals surface area contributed by atoms with Gasteiger partial charge < -0.3 is 20.4 Å². The fourth-order valence-electron chi connectivity index (χ4n) is 2.92. The van der Waals surface area contributed by atoms with Gasteiger partial charge in [0.05, 0.1) is 17.8 Å². The number of aromatic amines is 1. The van der Waals surface area contributed by atoms with Gasteiger partial charge in [0.25, 0.3) is 17.4 Å². The highest BCUT2D eigenvalue weighted by Gasteiger charge is 2.16. The van der Waals surface area contributed by atoms with Crippen LogP contribution < -0.4 is 20.9 Å². The van der Waals surface area contributed by atoms with E-state index in [4.69, 9.17) is 16.3 Å². The average Bonchev–Trinajstić information content (AvgIpc) is 2.80. The molecule has 2 amide bonds. The average molecular weight is 450 g/mol. The standard InChI is InChI=1S/C22H16ClN5O4/c1-32-22-24-11-13-9-15(21(31)27-18(13)28-22)20(30)26-17-10-12(7-8-16(17)23)19(29)25-14-5-3-2-4-6-14/h2-11H,1H3,(H,25,29)(H,26,30)(H,24,27,28,31). The fourth-order valence-corrected chi connectivity index (χ4v) is 3.09. The highest BCUT2D eigenvalue weighted by Crippen LogP contribution is 2.24. The Morgan fingerprint density at radius 3 is 2.56 bits per heavy atom. The molecule has 0 saturated heterocycles. The lowest BCUT2D eigenvalue weighted by Crippen LogP contribution is -2.23. The molecule has 0 radical (unpaired) electrons. The monoisotopic (exact) mass is 449 g/mol. The predicted octanol–water partition coefficient (Wildman–Crippen LogP) is 3.48. The van der Waals surface area contributed by atoms with Gasteiger partial charge in [0.2, 0.25) is 0 Å². The predicted molar refractivity (Wildman–Crippen MR) is 121 cm³/mol. The summed E-state index contributed by atoms with van der Waals surface area (Å²) < 4.78 is 4.93. The Morgan fingerprint density at radius 2 is 1.81 bits per heavy atom. The van der Waals surface area contributed by atoms with Gasteiger partial charge >= 0.3 is 6.01 Å². The summed E-state index contributed by atoms with van der Waals surface area (Å²) in [4.78, 5) is 48.2. The Hall–Kier alpha value is -4.24. The number of hydrogen-bond acceptors (Lipinski definition) is 6. The number of para-hydroxylation sites is 1. The number of H-pyrrole nitrogens is 1. The molecule has 4 rings (SSSR count). The molecule has 0 fully saturated rings. The molecule has 160 valence electrons. The van der Waals surface area contributed by atoms with Gasteiger partial charge in [-0.05, 0) is 36.4 Å². The minimum absolute atomic E-state index is 0.0859. The van der Waals surface area contributed by atoms with Crippen molar-refractivity contribution in [3.05, 3.63) is 87.3 Å². The molecular weight excluding hydrogens is 434 g/mol. The molecule has 4 aromatic rings. The molecule has 2 heterocycles. The zero-order valence-electron chi connectivity index (χ0n) is 16.7. The maximum absolute atomic E-state index is 12.8. The molecule has 0 aliphatic heterocycles. The second-order valence-corrected chi connectivity index (χ2v) is 7.05. The maximum atomic E-state index is 12.8. The van der Waals surface area contributed by atoms with Crippen LogP contribution in [-0.4, -0.2) is 33.9 Å². The SMILES string of the molecule is COc1ncc2cc(C(=O)Nc3cc(C(=O)Nc4ccccc4)ccc3Cl)c(=O)[nH]c2n1. The summed E-state index contributed by atoms with van der Waals surface area (Å²) in [7, 11) is 1.40. The van der Waals surface area contributed by atoms with Gasteiger partial charge in [0.15, 0.2) is 0 Å². The number of carbonyl (C=O) groups is 2. The minimum atomic E-state index is -0.702. The number of carbonyl (C=O) groups excluding carboxylic acids is 2. The smallest absolute Gasteiger partial charge is 0.318 e. The highest BCUT2D eigenvalue weighted by molar-refractivity contribution is 6.34. The fraction of sp³-hybridized carbons (Fsp3) is 0.0455. The summed E-state index contributed by atoms with van der Waals surface area (Å²) in [6.45, 7) is 0. The number of nitrogens with zero attached hydrogens (tertiary/aromatic N) is 2. The first kappa shape index (κ1) is 21.0. The van der Waals surface area contributed by atoms with Crippen LogP contribution in [0.1, 0.15) is 20.7 Å². The number of ether oxygens (including phenoxy) is 1. The molecule has 0 aliphatic carbocycles. The van der Waals surface area contributed by atoms with Crippen molar-refractivity contribution in [3.8, 4) is 6.01 Å². The zero-order chi connectivity index (χ0) is 22.7. The van der Waals surface area contributed by atoms with E-state index in [1.165, 1.54) is 37.6 Å². The van der Waals surface area contributed by atoms with E-state index >= 15 is 0 Å². The van der Waals surface area contributed by atoms with Crippen molar-refractivity contribution >= 4 is 45.8 Å². The molecule has 32 heavy (non-hydrogen) atoms. The van der Waals surface area contributed by atoms with Crippen molar-refractivity contribution in [1.82, 2.24) is 15.0 Å². The van der Waals surface area contributed by atoms with E-state index in [0.29, 0.717) is 11.1 Å². The van der Waals surface area contributed by atoms with Crippen LogP contribution in [0.25, 0.3) is 11.0 Å². The van der Waals surface area contributed by atoms with Crippen molar-refractivity contribution in [2.45, 2.75) is 0 Å². The number of nitrogens with one attached hydrogen (secondary N) is 3. The number of anilines is 2. The molecule has 0 aliphatic rings. The van der Waals surface area contributed by atoms with Gasteiger partial charge in [0.1, 0.15) is 11.2 Å². The molecule has 10 heteroatoms. The van der Waals surface area contributed by atoms with Crippen LogP contribution in [0.2, 0.25) is 5.02 Å². The lowest BCUT2D eigenvalue weighted by atomic mass is 10.1. The van der Waals surface area contributed by atoms with E-state index in [1.807, 2.05) is 6.07 Å². The third-order valence-electron chi connectivity index (χ3n) is 4.51. The van der Waals surface area contributed by atoms with E-state index in [9.17, 15) is 14.4 Å². The Kier molecular flexibility index (Phi) is 5.82. The van der Waals surface area contributed by atoms with Crippen molar-refractivity contribution in [3.63, 3.8) is 0 Å². The van der Waals surface area contributed by atoms with Crippen LogP contribution in [0.3, 0.4) is 0 Å². The first-order valence-electron chi connectivity index (χ1n) is 9.36. The zero-order valence-corrected chi connectivity index (χ0v) is 17.4. The number of rotatable bonds is 5. The van der Waals surface area contributed by atoms with Gasteiger partial charge in [-0.25, -0.2) is 4.98 Å². The molecule has 0 unspecified atom stereocenters. The number of pyridine rings is 1. The summed E-state index contributed by atoms with van der Waals surface area (Å²) in [5.74, 6) is -1.08. The Bertz CT molecular complexity index is 1390. The van der Waals surface area contributed by atoms with Gasteiger partial charge in [-0.15, -0.1) is 0 Å². The summed E-state index contributed by atoms with van der Waals surface area (Å²) in [5.41, 5.74) is 0.506. The normalized spacial score (nSPS) is 10.6. The summed E-state index contributed by atoms with van der Waals surface area (Å²) in [6, 6.07) is 14.8. The maximum Gasteiger partial charge on any atom is 0.318 e. The van der Waals surface area contributed by atoms with E-state index in [-0.39, 0.29) is 39.4 Å². The second-order valence-electron chi connectivity index (χ2n) is 6.64. The van der Waals surface area contributed by atoms with Crippen LogP contribution in [0, 0.1) is 0 Å². The lowest BCUT2D eigenvalue weighted by Gasteiger charge is -2.10. The van der Waals surface area contributed by atoms with Gasteiger partial charge in [-0.1, -0.05) is 29.8 Å². The Balaban J connectivity index is 1.59. The second kappa shape index (κ2) is 8.86. The van der Waals surface area contributed by atoms with Crippen LogP contribution in [0.5, 0.6) is 6.01 Å². The quantitative estimate of drug-likeness (QED) is 0.428. The number of benzene rings is 2. The lowest BCUT2D eigenvalue weighted by molar-refractivity contribution is 0.101. The number of fused-ring (bicyclic) bond motifs is 1. The third kappa shape index (κ3) is 4.42. The summed E-state index contributed by atoms with van der Waals surface area (Å²) in [6.07, 6.45) is 1.43. The van der Waals surface area contributed by atoms with Crippen molar-refractivity contribution in [1.29, 1.82) is 0 Å². The van der Waals surface area contributed by atoms with Gasteiger partial charge in [0, 0.05) is 22.8 Å². The number of halogens is 1. The molecule has 2 aromatic heterocycles. The third-order valence-corrected chi connectivity index (χ3v) is 4.84. The van der Waals surface area contributed by atoms with E-state index in [0.717, 1.165) is 0 Å². The van der Waals surface area contributed by atoms with Gasteiger partial charge in [-0.2, -0.15) is 4.98 Å². The van der Waals surface area contributed by atoms with E-state index in [1.54, 1.807) is 24.3 Å². The molecular formula is C22H16ClN5O4. The number of aromatic nitrogens is 3. The van der Waals surface area contributed by atoms with Crippen LogP contribution >= 0.6 is 11.6 Å². The number of amides is 2. The Morgan fingerprint density at radius 1 is 1.03 bits per heavy atom. The van der Waals surface area contributed by atoms with E-state index < -0.39 is 11.5 Å². The highest BCUT2D eigenvalue weighted by atomic mass is 35.5. The van der Waals surface area contributed by atoms with E-state index in [2.05, 4.69) is 25.6 Å². The van der Waals surface area contributed by atoms with Crippen LogP contribution in [-0.2, 0) is 0 Å². The molecule has 0 bridgehead atoms. The molecule has 3 N–H and O–H groups in total. The number of hydrogen-bond donors (Lipinski definition) is 3. The summed E-state index contributed by atoms with van der Waals surface area (Å²) >= 11 is 6.19. The van der Waals surface area contributed by atoms with Gasteiger partial charge in [-0.3, -0.25) is 14.4 Å². The summed E-state index contributed by atoms with van der Waals surface area (Å²) in [5, 5.41) is 5.98. The molecule has 9 nitrogen and oxygen atoms in total. The molecule has 0 atom stereocenters. The van der Waals surface area contributed by atoms with Crippen molar-refractivity contribution in [2.24, 2.45) is 0 Å². The molecule has 2 aromatic carbocycles. The molecule has 0 spiro atoms. The van der Waals surface area contributed by atoms with Crippen molar-refractivity contribution in [2.75, 3.05) is 17.7 Å². The first-order valence-corrected chi connectivity index (χ1v) is 9.74. The van der Waals surface area contributed by atoms with Crippen LogP contribution in [0.4, 0.5) is 11.4 Å². The van der Waals surface area contributed by atoms with Crippen LogP contribution in [0.15, 0.2) is 65.6 Å². The largest absolute Gasteiger partial charge is 0.467 e. The first-order chi connectivity index (χ1) is 15.4. The molecule has 0 saturated carbocycles. The Labute approximate surface area is 186 Å².